The molecule has 2 aromatic rings. The van der Waals surface area contributed by atoms with E-state index in [0.29, 0.717) is 6.04 Å². The van der Waals surface area contributed by atoms with Gasteiger partial charge in [-0.1, -0.05) is 13.0 Å². The molecule has 18 heavy (non-hydrogen) atoms. The van der Waals surface area contributed by atoms with Crippen molar-refractivity contribution < 1.29 is 0 Å². The van der Waals surface area contributed by atoms with Crippen molar-refractivity contribution in [2.75, 3.05) is 6.54 Å². The van der Waals surface area contributed by atoms with Gasteiger partial charge in [-0.2, -0.15) is 0 Å². The molecule has 3 heteroatoms. The number of pyridine rings is 1. The average molecular weight is 260 g/mol. The third-order valence-corrected chi connectivity index (χ3v) is 4.46. The quantitative estimate of drug-likeness (QED) is 0.858. The van der Waals surface area contributed by atoms with Gasteiger partial charge >= 0.3 is 0 Å². The second-order valence-corrected chi connectivity index (χ2v) is 5.64. The van der Waals surface area contributed by atoms with Gasteiger partial charge in [0.25, 0.3) is 0 Å². The highest BCUT2D eigenvalue weighted by Crippen LogP contribution is 2.23. The van der Waals surface area contributed by atoms with Gasteiger partial charge in [-0.05, 0) is 50.1 Å². The van der Waals surface area contributed by atoms with Crippen LogP contribution in [0.1, 0.15) is 35.2 Å². The molecule has 0 fully saturated rings. The summed E-state index contributed by atoms with van der Waals surface area (Å²) >= 11 is 1.91. The Kier molecular flexibility index (Phi) is 4.90. The summed E-state index contributed by atoms with van der Waals surface area (Å²) in [4.78, 5) is 7.02. The number of nitrogens with zero attached hydrogens (tertiary/aromatic N) is 1. The van der Waals surface area contributed by atoms with Crippen molar-refractivity contribution in [1.82, 2.24) is 10.3 Å². The van der Waals surface area contributed by atoms with Crippen LogP contribution in [0.3, 0.4) is 0 Å². The summed E-state index contributed by atoms with van der Waals surface area (Å²) in [6.45, 7) is 5.43. The number of hydrogen-bond acceptors (Lipinski definition) is 3. The van der Waals surface area contributed by atoms with Crippen molar-refractivity contribution in [3.8, 4) is 0 Å². The highest BCUT2D eigenvalue weighted by Gasteiger charge is 2.07. The molecule has 0 bridgehead atoms. The highest BCUT2D eigenvalue weighted by atomic mass is 32.1. The summed E-state index contributed by atoms with van der Waals surface area (Å²) in [7, 11) is 0. The Labute approximate surface area is 113 Å². The maximum atomic E-state index is 4.13. The molecule has 0 aliphatic carbocycles. The molecule has 0 radical (unpaired) electrons. The number of hydrogen-bond donors (Lipinski definition) is 1. The van der Waals surface area contributed by atoms with E-state index in [0.717, 1.165) is 19.4 Å². The van der Waals surface area contributed by atoms with E-state index in [-0.39, 0.29) is 0 Å². The summed E-state index contributed by atoms with van der Waals surface area (Å²) in [5.74, 6) is 0. The van der Waals surface area contributed by atoms with Crippen LogP contribution in [0.2, 0.25) is 0 Å². The van der Waals surface area contributed by atoms with E-state index in [1.165, 1.54) is 15.3 Å². The zero-order valence-corrected chi connectivity index (χ0v) is 11.8. The number of rotatable bonds is 6. The molecule has 0 aliphatic rings. The number of aryl methyl sites for hydroxylation is 1. The fraction of sp³-hybridized carbons (Fsp3) is 0.400. The Morgan fingerprint density at radius 1 is 1.33 bits per heavy atom. The van der Waals surface area contributed by atoms with Crippen LogP contribution in [-0.4, -0.2) is 11.5 Å². The van der Waals surface area contributed by atoms with Crippen LogP contribution in [-0.2, 0) is 12.8 Å². The molecule has 0 amide bonds. The normalized spacial score (nSPS) is 12.6. The molecule has 1 atom stereocenters. The molecule has 96 valence electrons. The zero-order valence-electron chi connectivity index (χ0n) is 11.0. The molecule has 2 aromatic heterocycles. The SMILES string of the molecule is CCc1ccc(C(C)NCCc2cccnc2)s1. The molecule has 0 spiro atoms. The van der Waals surface area contributed by atoms with Gasteiger partial charge in [0.1, 0.15) is 0 Å². The molecule has 0 aromatic carbocycles. The first-order chi connectivity index (χ1) is 8.79. The predicted molar refractivity (Wildman–Crippen MR) is 78.1 cm³/mol. The first-order valence-electron chi connectivity index (χ1n) is 6.50. The van der Waals surface area contributed by atoms with Gasteiger partial charge in [0.15, 0.2) is 0 Å². The molecule has 2 rings (SSSR count). The van der Waals surface area contributed by atoms with E-state index in [9.17, 15) is 0 Å². The lowest BCUT2D eigenvalue weighted by atomic mass is 10.2. The first-order valence-corrected chi connectivity index (χ1v) is 7.32. The Balaban J connectivity index is 1.79. The average Bonchev–Trinajstić information content (AvgIpc) is 2.89. The third kappa shape index (κ3) is 3.65. The van der Waals surface area contributed by atoms with E-state index in [2.05, 4.69) is 42.3 Å². The summed E-state index contributed by atoms with van der Waals surface area (Å²) in [5, 5.41) is 3.57. The molecular formula is C15H20N2S. The van der Waals surface area contributed by atoms with Crippen LogP contribution < -0.4 is 5.32 Å². The zero-order chi connectivity index (χ0) is 12.8. The van der Waals surface area contributed by atoms with E-state index in [1.54, 1.807) is 0 Å². The van der Waals surface area contributed by atoms with Gasteiger partial charge in [-0.15, -0.1) is 11.3 Å². The van der Waals surface area contributed by atoms with Crippen LogP contribution >= 0.6 is 11.3 Å². The second kappa shape index (κ2) is 6.66. The smallest absolute Gasteiger partial charge is 0.0386 e. The molecule has 1 unspecified atom stereocenters. The van der Waals surface area contributed by atoms with E-state index >= 15 is 0 Å². The molecule has 1 N–H and O–H groups in total. The van der Waals surface area contributed by atoms with Crippen molar-refractivity contribution in [2.24, 2.45) is 0 Å². The number of thiophene rings is 1. The molecule has 0 aliphatic heterocycles. The molecular weight excluding hydrogens is 240 g/mol. The largest absolute Gasteiger partial charge is 0.309 e. The van der Waals surface area contributed by atoms with E-state index < -0.39 is 0 Å². The van der Waals surface area contributed by atoms with Crippen LogP contribution in [0.25, 0.3) is 0 Å². The lowest BCUT2D eigenvalue weighted by Crippen LogP contribution is -2.20. The van der Waals surface area contributed by atoms with Gasteiger partial charge in [0.2, 0.25) is 0 Å². The number of nitrogens with one attached hydrogen (secondary N) is 1. The Hall–Kier alpha value is -1.19. The van der Waals surface area contributed by atoms with Crippen molar-refractivity contribution in [2.45, 2.75) is 32.7 Å². The van der Waals surface area contributed by atoms with E-state index in [1.807, 2.05) is 29.8 Å². The minimum atomic E-state index is 0.437. The first kappa shape index (κ1) is 13.2. The molecule has 2 nitrogen and oxygen atoms in total. The fourth-order valence-electron chi connectivity index (χ4n) is 1.90. The summed E-state index contributed by atoms with van der Waals surface area (Å²) in [5.41, 5.74) is 1.29. The second-order valence-electron chi connectivity index (χ2n) is 4.44. The third-order valence-electron chi connectivity index (χ3n) is 3.04. The van der Waals surface area contributed by atoms with Crippen molar-refractivity contribution >= 4 is 11.3 Å². The predicted octanol–water partition coefficient (Wildman–Crippen LogP) is 3.60. The molecule has 2 heterocycles. The van der Waals surface area contributed by atoms with Crippen LogP contribution in [0.4, 0.5) is 0 Å². The maximum absolute atomic E-state index is 4.13. The van der Waals surface area contributed by atoms with Crippen LogP contribution in [0.5, 0.6) is 0 Å². The molecule has 0 saturated heterocycles. The van der Waals surface area contributed by atoms with E-state index in [4.69, 9.17) is 0 Å². The highest BCUT2D eigenvalue weighted by molar-refractivity contribution is 7.12. The monoisotopic (exact) mass is 260 g/mol. The van der Waals surface area contributed by atoms with Crippen molar-refractivity contribution in [3.63, 3.8) is 0 Å². The Bertz CT molecular complexity index is 464. The summed E-state index contributed by atoms with van der Waals surface area (Å²) in [6.07, 6.45) is 5.92. The topological polar surface area (TPSA) is 24.9 Å². The van der Waals surface area contributed by atoms with Gasteiger partial charge in [-0.3, -0.25) is 4.98 Å². The fourth-order valence-corrected chi connectivity index (χ4v) is 2.88. The number of aromatic nitrogens is 1. The summed E-state index contributed by atoms with van der Waals surface area (Å²) in [6, 6.07) is 9.03. The van der Waals surface area contributed by atoms with Crippen molar-refractivity contribution in [1.29, 1.82) is 0 Å². The maximum Gasteiger partial charge on any atom is 0.0386 e. The lowest BCUT2D eigenvalue weighted by Gasteiger charge is -2.11. The Morgan fingerprint density at radius 2 is 2.22 bits per heavy atom. The molecule has 0 saturated carbocycles. The van der Waals surface area contributed by atoms with Gasteiger partial charge < -0.3 is 5.32 Å². The van der Waals surface area contributed by atoms with Gasteiger partial charge in [0.05, 0.1) is 0 Å². The minimum absolute atomic E-state index is 0.437. The van der Waals surface area contributed by atoms with Gasteiger partial charge in [0, 0.05) is 28.2 Å². The minimum Gasteiger partial charge on any atom is -0.309 e. The lowest BCUT2D eigenvalue weighted by molar-refractivity contribution is 0.584. The standard InChI is InChI=1S/C15H20N2S/c1-3-14-6-7-15(18-14)12(2)17-10-8-13-5-4-9-16-11-13/h4-7,9,11-12,17H,3,8,10H2,1-2H3. The van der Waals surface area contributed by atoms with Crippen LogP contribution in [0, 0.1) is 0 Å². The van der Waals surface area contributed by atoms with Crippen molar-refractivity contribution in [3.05, 3.63) is 52.0 Å². The van der Waals surface area contributed by atoms with Crippen LogP contribution in [0.15, 0.2) is 36.7 Å². The Morgan fingerprint density at radius 3 is 2.89 bits per heavy atom. The summed E-state index contributed by atoms with van der Waals surface area (Å²) < 4.78 is 0. The van der Waals surface area contributed by atoms with Gasteiger partial charge in [-0.25, -0.2) is 0 Å².